The summed E-state index contributed by atoms with van der Waals surface area (Å²) >= 11 is 5.97. The minimum absolute atomic E-state index is 0.136. The van der Waals surface area contributed by atoms with Crippen molar-refractivity contribution in [2.24, 2.45) is 11.8 Å². The topological polar surface area (TPSA) is 69.7 Å². The van der Waals surface area contributed by atoms with E-state index in [0.717, 1.165) is 0 Å². The fourth-order valence-corrected chi connectivity index (χ4v) is 4.11. The van der Waals surface area contributed by atoms with Crippen molar-refractivity contribution in [3.63, 3.8) is 0 Å². The van der Waals surface area contributed by atoms with Gasteiger partial charge in [-0.05, 0) is 50.6 Å². The SMILES string of the molecule is CCOC(=O)[C@@H]1C(=O)OC(C)(C)[C@@H]1[C@@H](C(=O)c1ccc(Cl)cc1)c1ccccc1. The predicted octanol–water partition coefficient (Wildman–Crippen LogP) is 4.44. The van der Waals surface area contributed by atoms with Crippen LogP contribution in [-0.4, -0.2) is 29.9 Å². The Morgan fingerprint density at radius 3 is 2.31 bits per heavy atom. The lowest BCUT2D eigenvalue weighted by molar-refractivity contribution is -0.157. The van der Waals surface area contributed by atoms with Gasteiger partial charge in [-0.25, -0.2) is 0 Å². The molecular formula is C23H23ClO5. The summed E-state index contributed by atoms with van der Waals surface area (Å²) in [5.74, 6) is -4.21. The molecule has 0 N–H and O–H groups in total. The first-order chi connectivity index (χ1) is 13.8. The molecule has 1 saturated heterocycles. The molecule has 0 unspecified atom stereocenters. The molecular weight excluding hydrogens is 392 g/mol. The lowest BCUT2D eigenvalue weighted by Gasteiger charge is -2.33. The fourth-order valence-electron chi connectivity index (χ4n) is 3.98. The average molecular weight is 415 g/mol. The Hall–Kier alpha value is -2.66. The van der Waals surface area contributed by atoms with E-state index in [-0.39, 0.29) is 12.4 Å². The lowest BCUT2D eigenvalue weighted by atomic mass is 9.69. The van der Waals surface area contributed by atoms with Crippen LogP contribution in [0.4, 0.5) is 0 Å². The molecule has 2 aromatic carbocycles. The van der Waals surface area contributed by atoms with E-state index in [0.29, 0.717) is 16.1 Å². The maximum Gasteiger partial charge on any atom is 0.321 e. The van der Waals surface area contributed by atoms with E-state index in [1.54, 1.807) is 45.0 Å². The molecule has 1 aliphatic rings. The van der Waals surface area contributed by atoms with Crippen molar-refractivity contribution in [3.05, 3.63) is 70.7 Å². The molecule has 29 heavy (non-hydrogen) atoms. The zero-order valence-electron chi connectivity index (χ0n) is 16.6. The van der Waals surface area contributed by atoms with Gasteiger partial charge >= 0.3 is 11.9 Å². The summed E-state index contributed by atoms with van der Waals surface area (Å²) in [5, 5.41) is 0.516. The van der Waals surface area contributed by atoms with E-state index in [9.17, 15) is 14.4 Å². The molecule has 0 bridgehead atoms. The molecule has 3 rings (SSSR count). The van der Waals surface area contributed by atoms with Crippen LogP contribution in [0.2, 0.25) is 5.02 Å². The smallest absolute Gasteiger partial charge is 0.321 e. The summed E-state index contributed by atoms with van der Waals surface area (Å²) in [6.07, 6.45) is 0. The zero-order valence-corrected chi connectivity index (χ0v) is 17.3. The molecule has 2 aromatic rings. The van der Waals surface area contributed by atoms with Crippen LogP contribution in [0.5, 0.6) is 0 Å². The van der Waals surface area contributed by atoms with Gasteiger partial charge in [0.1, 0.15) is 5.60 Å². The van der Waals surface area contributed by atoms with Crippen LogP contribution in [0, 0.1) is 11.8 Å². The minimum Gasteiger partial charge on any atom is -0.465 e. The van der Waals surface area contributed by atoms with Gasteiger partial charge in [0, 0.05) is 16.5 Å². The summed E-state index contributed by atoms with van der Waals surface area (Å²) in [6, 6.07) is 15.7. The summed E-state index contributed by atoms with van der Waals surface area (Å²) in [4.78, 5) is 38.8. The van der Waals surface area contributed by atoms with E-state index in [4.69, 9.17) is 21.1 Å². The van der Waals surface area contributed by atoms with Gasteiger partial charge in [-0.1, -0.05) is 41.9 Å². The number of carbonyl (C=O) groups is 3. The normalized spacial score (nSPS) is 21.3. The lowest BCUT2D eigenvalue weighted by Crippen LogP contribution is -2.41. The first kappa shape index (κ1) is 21.1. The Balaban J connectivity index is 2.13. The Labute approximate surface area is 175 Å². The second-order valence-electron chi connectivity index (χ2n) is 7.54. The van der Waals surface area contributed by atoms with Crippen molar-refractivity contribution in [2.75, 3.05) is 6.61 Å². The maximum absolute atomic E-state index is 13.6. The number of hydrogen-bond donors (Lipinski definition) is 0. The van der Waals surface area contributed by atoms with Crippen molar-refractivity contribution in [1.29, 1.82) is 0 Å². The number of hydrogen-bond acceptors (Lipinski definition) is 5. The van der Waals surface area contributed by atoms with Crippen LogP contribution in [-0.2, 0) is 19.1 Å². The Bertz CT molecular complexity index is 905. The first-order valence-electron chi connectivity index (χ1n) is 9.50. The van der Waals surface area contributed by atoms with Crippen LogP contribution >= 0.6 is 11.6 Å². The minimum atomic E-state index is -1.17. The number of benzene rings is 2. The van der Waals surface area contributed by atoms with Crippen molar-refractivity contribution >= 4 is 29.3 Å². The standard InChI is InChI=1S/C23H23ClO5/c1-4-28-21(26)18-19(23(2,3)29-22(18)27)17(14-8-6-5-7-9-14)20(25)15-10-12-16(24)13-11-15/h5-13,17-19H,4H2,1-3H3/t17-,18+,19+/m0/s1. The number of halogens is 1. The summed E-state index contributed by atoms with van der Waals surface area (Å²) in [7, 11) is 0. The van der Waals surface area contributed by atoms with Crippen molar-refractivity contribution in [1.82, 2.24) is 0 Å². The van der Waals surface area contributed by atoms with Crippen molar-refractivity contribution < 1.29 is 23.9 Å². The van der Waals surface area contributed by atoms with Gasteiger partial charge in [-0.3, -0.25) is 14.4 Å². The molecule has 5 nitrogen and oxygen atoms in total. The van der Waals surface area contributed by atoms with Gasteiger partial charge in [0.15, 0.2) is 11.7 Å². The van der Waals surface area contributed by atoms with Crippen molar-refractivity contribution in [2.45, 2.75) is 32.3 Å². The number of ether oxygens (including phenoxy) is 2. The monoisotopic (exact) mass is 414 g/mol. The second-order valence-corrected chi connectivity index (χ2v) is 7.98. The number of Topliss-reactive ketones (excluding diaryl/α,β-unsaturated/α-hetero) is 1. The van der Waals surface area contributed by atoms with Gasteiger partial charge in [0.05, 0.1) is 12.5 Å². The van der Waals surface area contributed by atoms with Crippen LogP contribution in [0.3, 0.4) is 0 Å². The zero-order chi connectivity index (χ0) is 21.2. The van der Waals surface area contributed by atoms with E-state index in [1.807, 2.05) is 30.3 Å². The number of carbonyl (C=O) groups excluding carboxylic acids is 3. The summed E-state index contributed by atoms with van der Waals surface area (Å²) < 4.78 is 10.7. The highest BCUT2D eigenvalue weighted by Gasteiger charge is 2.58. The largest absolute Gasteiger partial charge is 0.465 e. The van der Waals surface area contributed by atoms with Crippen LogP contribution in [0.15, 0.2) is 54.6 Å². The van der Waals surface area contributed by atoms with E-state index >= 15 is 0 Å². The average Bonchev–Trinajstić information content (AvgIpc) is 2.92. The maximum atomic E-state index is 13.6. The van der Waals surface area contributed by atoms with Crippen LogP contribution < -0.4 is 0 Å². The second kappa shape index (κ2) is 8.37. The van der Waals surface area contributed by atoms with Gasteiger partial charge in [0.2, 0.25) is 0 Å². The van der Waals surface area contributed by atoms with Crippen LogP contribution in [0.25, 0.3) is 0 Å². The molecule has 1 heterocycles. The molecule has 0 aromatic heterocycles. The molecule has 0 spiro atoms. The van der Waals surface area contributed by atoms with Gasteiger partial charge in [-0.2, -0.15) is 0 Å². The third-order valence-corrected chi connectivity index (χ3v) is 5.50. The number of esters is 2. The molecule has 0 amide bonds. The number of rotatable bonds is 6. The highest BCUT2D eigenvalue weighted by molar-refractivity contribution is 6.30. The third-order valence-electron chi connectivity index (χ3n) is 5.25. The quantitative estimate of drug-likeness (QED) is 0.397. The van der Waals surface area contributed by atoms with Crippen LogP contribution in [0.1, 0.15) is 42.6 Å². The Morgan fingerprint density at radius 2 is 1.72 bits per heavy atom. The number of cyclic esters (lactones) is 1. The molecule has 1 fully saturated rings. The molecule has 0 aliphatic carbocycles. The number of ketones is 1. The predicted molar refractivity (Wildman–Crippen MR) is 109 cm³/mol. The van der Waals surface area contributed by atoms with Gasteiger partial charge in [0.25, 0.3) is 0 Å². The molecule has 6 heteroatoms. The van der Waals surface area contributed by atoms with Gasteiger partial charge < -0.3 is 9.47 Å². The summed E-state index contributed by atoms with van der Waals surface area (Å²) in [6.45, 7) is 5.25. The van der Waals surface area contributed by atoms with Gasteiger partial charge in [-0.15, -0.1) is 0 Å². The molecule has 3 atom stereocenters. The molecule has 0 saturated carbocycles. The van der Waals surface area contributed by atoms with Crippen molar-refractivity contribution in [3.8, 4) is 0 Å². The molecule has 0 radical (unpaired) electrons. The third kappa shape index (κ3) is 4.20. The highest BCUT2D eigenvalue weighted by atomic mass is 35.5. The highest BCUT2D eigenvalue weighted by Crippen LogP contribution is 2.47. The molecule has 1 aliphatic heterocycles. The first-order valence-corrected chi connectivity index (χ1v) is 9.88. The van der Waals surface area contributed by atoms with E-state index in [1.165, 1.54) is 0 Å². The Kier molecular flexibility index (Phi) is 6.08. The molecule has 152 valence electrons. The summed E-state index contributed by atoms with van der Waals surface area (Å²) in [5.41, 5.74) is 0.121. The van der Waals surface area contributed by atoms with E-state index in [2.05, 4.69) is 0 Å². The fraction of sp³-hybridized carbons (Fsp3) is 0.348. The Morgan fingerprint density at radius 1 is 1.10 bits per heavy atom. The van der Waals surface area contributed by atoms with E-state index < -0.39 is 35.3 Å².